The van der Waals surface area contributed by atoms with Gasteiger partial charge >= 0.3 is 0 Å². The van der Waals surface area contributed by atoms with Crippen LogP contribution in [-0.4, -0.2) is 27.6 Å². The Morgan fingerprint density at radius 3 is 2.47 bits per heavy atom. The van der Waals surface area contributed by atoms with Gasteiger partial charge in [-0.3, -0.25) is 4.79 Å². The first-order valence-electron chi connectivity index (χ1n) is 12.8. The molecule has 0 aliphatic carbocycles. The smallest absolute Gasteiger partial charge is 0.282 e. The first-order valence-corrected chi connectivity index (χ1v) is 12.8. The van der Waals surface area contributed by atoms with Crippen LogP contribution in [0.5, 0.6) is 5.75 Å². The van der Waals surface area contributed by atoms with Gasteiger partial charge in [0.15, 0.2) is 5.82 Å². The molecular formula is C32H32N4O2. The highest BCUT2D eigenvalue weighted by Gasteiger charge is 2.19. The minimum absolute atomic E-state index is 0.212. The van der Waals surface area contributed by atoms with Crippen LogP contribution in [0, 0.1) is 13.8 Å². The fourth-order valence-corrected chi connectivity index (χ4v) is 5.07. The van der Waals surface area contributed by atoms with Crippen molar-refractivity contribution in [2.45, 2.75) is 40.2 Å². The van der Waals surface area contributed by atoms with Crippen molar-refractivity contribution < 1.29 is 4.74 Å². The van der Waals surface area contributed by atoms with Gasteiger partial charge in [0.1, 0.15) is 5.75 Å². The van der Waals surface area contributed by atoms with Crippen molar-refractivity contribution in [1.29, 1.82) is 0 Å². The summed E-state index contributed by atoms with van der Waals surface area (Å²) in [4.78, 5) is 18.8. The van der Waals surface area contributed by atoms with Gasteiger partial charge in [-0.25, -0.2) is 4.98 Å². The number of aromatic nitrogens is 3. The molecule has 0 bridgehead atoms. The summed E-state index contributed by atoms with van der Waals surface area (Å²) in [6, 6.07) is 19.7. The lowest BCUT2D eigenvalue weighted by molar-refractivity contribution is 0.407. The van der Waals surface area contributed by atoms with E-state index in [-0.39, 0.29) is 11.5 Å². The molecule has 3 aromatic carbocycles. The molecule has 38 heavy (non-hydrogen) atoms. The molecule has 0 aliphatic heterocycles. The lowest BCUT2D eigenvalue weighted by Crippen LogP contribution is -2.21. The largest absolute Gasteiger partial charge is 0.496 e. The van der Waals surface area contributed by atoms with Gasteiger partial charge in [-0.1, -0.05) is 50.3 Å². The maximum Gasteiger partial charge on any atom is 0.282 e. The number of ether oxygens (including phenoxy) is 1. The fourth-order valence-electron chi connectivity index (χ4n) is 5.07. The number of rotatable bonds is 7. The van der Waals surface area contributed by atoms with Crippen LogP contribution in [0.4, 0.5) is 0 Å². The Hall–Kier alpha value is -4.45. The van der Waals surface area contributed by atoms with Crippen molar-refractivity contribution in [2.24, 2.45) is 5.10 Å². The summed E-state index contributed by atoms with van der Waals surface area (Å²) >= 11 is 0. The van der Waals surface area contributed by atoms with E-state index in [9.17, 15) is 4.79 Å². The normalized spacial score (nSPS) is 11.7. The Morgan fingerprint density at radius 1 is 1.05 bits per heavy atom. The minimum atomic E-state index is -0.212. The second-order valence-corrected chi connectivity index (χ2v) is 9.79. The van der Waals surface area contributed by atoms with Crippen LogP contribution in [0.3, 0.4) is 0 Å². The second kappa shape index (κ2) is 10.1. The number of aryl methyl sites for hydroxylation is 1. The van der Waals surface area contributed by atoms with Gasteiger partial charge in [-0.05, 0) is 61.2 Å². The molecule has 6 nitrogen and oxygen atoms in total. The topological polar surface area (TPSA) is 61.4 Å². The lowest BCUT2D eigenvalue weighted by atomic mass is 9.96. The first-order chi connectivity index (χ1) is 18.3. The molecule has 0 N–H and O–H groups in total. The lowest BCUT2D eigenvalue weighted by Gasteiger charge is -2.17. The second-order valence-electron chi connectivity index (χ2n) is 9.79. The Bertz CT molecular complexity index is 1770. The Labute approximate surface area is 222 Å². The van der Waals surface area contributed by atoms with Crippen molar-refractivity contribution in [3.8, 4) is 17.1 Å². The summed E-state index contributed by atoms with van der Waals surface area (Å²) in [5, 5.41) is 6.39. The van der Waals surface area contributed by atoms with Gasteiger partial charge < -0.3 is 9.30 Å². The molecule has 0 atom stereocenters. The maximum atomic E-state index is 13.8. The van der Waals surface area contributed by atoms with Gasteiger partial charge in [-0.15, -0.1) is 6.58 Å². The number of hydrogen-bond donors (Lipinski definition) is 0. The molecule has 0 saturated heterocycles. The monoisotopic (exact) mass is 504 g/mol. The Balaban J connectivity index is 1.78. The van der Waals surface area contributed by atoms with Crippen LogP contribution in [0.2, 0.25) is 0 Å². The van der Waals surface area contributed by atoms with Crippen molar-refractivity contribution in [2.75, 3.05) is 7.11 Å². The number of nitrogens with zero attached hydrogens (tertiary/aromatic N) is 4. The molecule has 0 radical (unpaired) electrons. The summed E-state index contributed by atoms with van der Waals surface area (Å²) in [7, 11) is 1.68. The quantitative estimate of drug-likeness (QED) is 0.180. The maximum absolute atomic E-state index is 13.8. The van der Waals surface area contributed by atoms with Crippen LogP contribution in [0.25, 0.3) is 33.2 Å². The van der Waals surface area contributed by atoms with E-state index < -0.39 is 0 Å². The molecule has 192 valence electrons. The molecule has 0 unspecified atom stereocenters. The van der Waals surface area contributed by atoms with E-state index in [1.165, 1.54) is 4.68 Å². The van der Waals surface area contributed by atoms with Crippen LogP contribution < -0.4 is 10.3 Å². The SMILES string of the molecule is C=CCn1c(C)c(C=Nn2c(-c3cc(C(C)C)c(OC)cc3C)nc3ccccc3c2=O)c2ccccc21. The van der Waals surface area contributed by atoms with E-state index in [0.717, 1.165) is 44.6 Å². The molecule has 0 amide bonds. The van der Waals surface area contributed by atoms with E-state index >= 15 is 0 Å². The van der Waals surface area contributed by atoms with Gasteiger partial charge in [-0.2, -0.15) is 9.78 Å². The van der Waals surface area contributed by atoms with E-state index in [1.54, 1.807) is 19.4 Å². The average Bonchev–Trinajstić information content (AvgIpc) is 3.18. The third kappa shape index (κ3) is 4.22. The number of benzene rings is 3. The standard InChI is InChI=1S/C32H32N4O2/c1-7-16-35-22(5)27(23-12-9-11-15-29(23)35)19-33-36-31(34-28-14-10-8-13-24(28)32(36)37)26-18-25(20(2)3)30(38-6)17-21(26)4/h7-15,17-20H,1,16H2,2-6H3. The zero-order valence-electron chi connectivity index (χ0n) is 22.5. The highest BCUT2D eigenvalue weighted by molar-refractivity contribution is 6.01. The number of allylic oxidation sites excluding steroid dienone is 1. The molecule has 0 aliphatic rings. The van der Waals surface area contributed by atoms with Crippen LogP contribution >= 0.6 is 0 Å². The molecule has 5 rings (SSSR count). The van der Waals surface area contributed by atoms with Crippen LogP contribution in [0.15, 0.2) is 83.2 Å². The predicted molar refractivity (Wildman–Crippen MR) is 157 cm³/mol. The van der Waals surface area contributed by atoms with Crippen LogP contribution in [-0.2, 0) is 6.54 Å². The summed E-state index contributed by atoms with van der Waals surface area (Å²) < 4.78 is 9.29. The van der Waals surface area contributed by atoms with Gasteiger partial charge in [0.25, 0.3) is 5.56 Å². The molecule has 0 spiro atoms. The summed E-state index contributed by atoms with van der Waals surface area (Å²) in [6.45, 7) is 12.9. The average molecular weight is 505 g/mol. The van der Waals surface area contributed by atoms with E-state index in [2.05, 4.69) is 50.1 Å². The zero-order valence-corrected chi connectivity index (χ0v) is 22.5. The predicted octanol–water partition coefficient (Wildman–Crippen LogP) is 6.84. The molecule has 6 heteroatoms. The highest BCUT2D eigenvalue weighted by atomic mass is 16.5. The van der Waals surface area contributed by atoms with Crippen molar-refractivity contribution >= 4 is 28.0 Å². The summed E-state index contributed by atoms with van der Waals surface area (Å²) in [6.07, 6.45) is 3.66. The minimum Gasteiger partial charge on any atom is -0.496 e. The third-order valence-corrected chi connectivity index (χ3v) is 7.09. The molecular weight excluding hydrogens is 472 g/mol. The van der Waals surface area contributed by atoms with Crippen molar-refractivity contribution in [3.05, 3.63) is 106 Å². The summed E-state index contributed by atoms with van der Waals surface area (Å²) in [5.74, 6) is 1.55. The number of fused-ring (bicyclic) bond motifs is 2. The molecule has 5 aromatic rings. The van der Waals surface area contributed by atoms with Crippen LogP contribution in [0.1, 0.15) is 42.1 Å². The zero-order chi connectivity index (χ0) is 27.0. The van der Waals surface area contributed by atoms with E-state index in [0.29, 0.717) is 23.3 Å². The first kappa shape index (κ1) is 25.2. The third-order valence-electron chi connectivity index (χ3n) is 7.09. The number of methoxy groups -OCH3 is 1. The number of para-hydroxylation sites is 2. The van der Waals surface area contributed by atoms with Crippen molar-refractivity contribution in [1.82, 2.24) is 14.2 Å². The van der Waals surface area contributed by atoms with E-state index in [4.69, 9.17) is 14.8 Å². The van der Waals surface area contributed by atoms with Gasteiger partial charge in [0.2, 0.25) is 0 Å². The number of hydrogen-bond acceptors (Lipinski definition) is 4. The molecule has 0 fully saturated rings. The molecule has 0 saturated carbocycles. The Kier molecular flexibility index (Phi) is 6.72. The fraction of sp³-hybridized carbons (Fsp3) is 0.219. The Morgan fingerprint density at radius 2 is 1.76 bits per heavy atom. The molecule has 2 heterocycles. The highest BCUT2D eigenvalue weighted by Crippen LogP contribution is 2.34. The molecule has 2 aromatic heterocycles. The van der Waals surface area contributed by atoms with E-state index in [1.807, 2.05) is 49.4 Å². The van der Waals surface area contributed by atoms with Gasteiger partial charge in [0, 0.05) is 34.3 Å². The van der Waals surface area contributed by atoms with Gasteiger partial charge in [0.05, 0.1) is 24.2 Å². The summed E-state index contributed by atoms with van der Waals surface area (Å²) in [5.41, 5.74) is 6.40. The van der Waals surface area contributed by atoms with Crippen molar-refractivity contribution in [3.63, 3.8) is 0 Å².